The molecule has 2 heterocycles. The van der Waals surface area contributed by atoms with Crippen LogP contribution in [0.4, 0.5) is 0 Å². The summed E-state index contributed by atoms with van der Waals surface area (Å²) in [6.45, 7) is 2.62. The maximum Gasteiger partial charge on any atom is 0.237 e. The van der Waals surface area contributed by atoms with Crippen molar-refractivity contribution in [2.45, 2.75) is 50.7 Å². The highest BCUT2D eigenvalue weighted by atomic mass is 35.5. The molecule has 1 unspecified atom stereocenters. The number of hydrogen-bond acceptors (Lipinski definition) is 3. The Morgan fingerprint density at radius 2 is 2.18 bits per heavy atom. The number of hydrogen-bond donors (Lipinski definition) is 2. The molecule has 1 amide bonds. The van der Waals surface area contributed by atoms with Gasteiger partial charge in [0.2, 0.25) is 5.91 Å². The molecular weight excluding hydrogens is 240 g/mol. The molecule has 2 aliphatic heterocycles. The molecule has 0 aromatic carbocycles. The van der Waals surface area contributed by atoms with Crippen LogP contribution < -0.4 is 10.6 Å². The molecule has 2 fully saturated rings. The second kappa shape index (κ2) is 7.90. The lowest BCUT2D eigenvalue weighted by Crippen LogP contribution is -2.41. The SMILES string of the molecule is Cl.O=C(NCCC1CCCCO1)[C@@H]1CCCN1. The highest BCUT2D eigenvalue weighted by molar-refractivity contribution is 5.85. The Balaban J connectivity index is 0.00000144. The molecule has 0 aliphatic carbocycles. The van der Waals surface area contributed by atoms with Crippen molar-refractivity contribution in [2.75, 3.05) is 19.7 Å². The maximum absolute atomic E-state index is 11.7. The molecule has 5 heteroatoms. The molecule has 2 rings (SSSR count). The molecule has 17 heavy (non-hydrogen) atoms. The molecule has 2 atom stereocenters. The average Bonchev–Trinajstić information content (AvgIpc) is 2.84. The number of carbonyl (C=O) groups is 1. The van der Waals surface area contributed by atoms with Gasteiger partial charge in [-0.2, -0.15) is 0 Å². The maximum atomic E-state index is 11.7. The van der Waals surface area contributed by atoms with Crippen molar-refractivity contribution in [2.24, 2.45) is 0 Å². The van der Waals surface area contributed by atoms with Crippen LogP contribution in [0.3, 0.4) is 0 Å². The Bertz CT molecular complexity index is 227. The van der Waals surface area contributed by atoms with Gasteiger partial charge in [-0.05, 0) is 45.1 Å². The van der Waals surface area contributed by atoms with Crippen LogP contribution in [0.2, 0.25) is 0 Å². The fourth-order valence-electron chi connectivity index (χ4n) is 2.42. The van der Waals surface area contributed by atoms with Gasteiger partial charge in [-0.1, -0.05) is 0 Å². The van der Waals surface area contributed by atoms with Crippen molar-refractivity contribution in [1.82, 2.24) is 10.6 Å². The first-order valence-corrected chi connectivity index (χ1v) is 6.49. The van der Waals surface area contributed by atoms with E-state index in [2.05, 4.69) is 10.6 Å². The van der Waals surface area contributed by atoms with Crippen LogP contribution >= 0.6 is 12.4 Å². The van der Waals surface area contributed by atoms with Crippen molar-refractivity contribution in [1.29, 1.82) is 0 Å². The lowest BCUT2D eigenvalue weighted by Gasteiger charge is -2.22. The van der Waals surface area contributed by atoms with E-state index in [4.69, 9.17) is 4.74 Å². The predicted molar refractivity (Wildman–Crippen MR) is 69.5 cm³/mol. The minimum absolute atomic E-state index is 0. The average molecular weight is 263 g/mol. The van der Waals surface area contributed by atoms with Crippen LogP contribution in [0.1, 0.15) is 38.5 Å². The first-order chi connectivity index (χ1) is 7.86. The third-order valence-corrected chi connectivity index (χ3v) is 3.42. The number of amides is 1. The van der Waals surface area contributed by atoms with Crippen molar-refractivity contribution in [3.8, 4) is 0 Å². The van der Waals surface area contributed by atoms with Crippen molar-refractivity contribution in [3.05, 3.63) is 0 Å². The minimum Gasteiger partial charge on any atom is -0.378 e. The highest BCUT2D eigenvalue weighted by Crippen LogP contribution is 2.14. The van der Waals surface area contributed by atoms with E-state index in [-0.39, 0.29) is 24.4 Å². The Morgan fingerprint density at radius 1 is 1.29 bits per heavy atom. The van der Waals surface area contributed by atoms with E-state index >= 15 is 0 Å². The molecule has 2 saturated heterocycles. The molecule has 0 radical (unpaired) electrons. The monoisotopic (exact) mass is 262 g/mol. The van der Waals surface area contributed by atoms with E-state index in [1.54, 1.807) is 0 Å². The molecule has 0 aromatic rings. The third-order valence-electron chi connectivity index (χ3n) is 3.42. The zero-order valence-corrected chi connectivity index (χ0v) is 11.1. The summed E-state index contributed by atoms with van der Waals surface area (Å²) < 4.78 is 5.62. The molecule has 0 saturated carbocycles. The van der Waals surface area contributed by atoms with E-state index < -0.39 is 0 Å². The van der Waals surface area contributed by atoms with Gasteiger partial charge >= 0.3 is 0 Å². The first kappa shape index (κ1) is 14.7. The Morgan fingerprint density at radius 3 is 2.82 bits per heavy atom. The van der Waals surface area contributed by atoms with E-state index in [1.807, 2.05) is 0 Å². The summed E-state index contributed by atoms with van der Waals surface area (Å²) in [6, 6.07) is 0.0484. The smallest absolute Gasteiger partial charge is 0.237 e. The summed E-state index contributed by atoms with van der Waals surface area (Å²) in [5.41, 5.74) is 0. The van der Waals surface area contributed by atoms with Gasteiger partial charge in [-0.25, -0.2) is 0 Å². The normalized spacial score (nSPS) is 28.5. The summed E-state index contributed by atoms with van der Waals surface area (Å²) in [7, 11) is 0. The topological polar surface area (TPSA) is 50.4 Å². The molecule has 100 valence electrons. The van der Waals surface area contributed by atoms with Crippen molar-refractivity contribution >= 4 is 18.3 Å². The molecule has 2 aliphatic rings. The standard InChI is InChI=1S/C12H22N2O2.ClH/c15-12(11-5-3-7-13-11)14-8-6-10-4-1-2-9-16-10;/h10-11,13H,1-9H2,(H,14,15);1H/t10?,11-;/m0./s1. The van der Waals surface area contributed by atoms with Crippen LogP contribution in [-0.4, -0.2) is 37.7 Å². The number of ether oxygens (including phenoxy) is 1. The lowest BCUT2D eigenvalue weighted by molar-refractivity contribution is -0.122. The van der Waals surface area contributed by atoms with Gasteiger partial charge in [0.05, 0.1) is 12.1 Å². The van der Waals surface area contributed by atoms with Gasteiger partial charge in [-0.3, -0.25) is 4.79 Å². The molecule has 2 N–H and O–H groups in total. The largest absolute Gasteiger partial charge is 0.378 e. The summed E-state index contributed by atoms with van der Waals surface area (Å²) in [4.78, 5) is 11.7. The quantitative estimate of drug-likeness (QED) is 0.802. The second-order valence-corrected chi connectivity index (χ2v) is 4.72. The van der Waals surface area contributed by atoms with E-state index in [0.29, 0.717) is 6.10 Å². The van der Waals surface area contributed by atoms with Crippen molar-refractivity contribution < 1.29 is 9.53 Å². The van der Waals surface area contributed by atoms with E-state index in [0.717, 1.165) is 45.4 Å². The van der Waals surface area contributed by atoms with Crippen LogP contribution in [0.25, 0.3) is 0 Å². The molecule has 0 bridgehead atoms. The van der Waals surface area contributed by atoms with Crippen molar-refractivity contribution in [3.63, 3.8) is 0 Å². The summed E-state index contributed by atoms with van der Waals surface area (Å²) in [5.74, 6) is 0.160. The molecule has 0 spiro atoms. The fourth-order valence-corrected chi connectivity index (χ4v) is 2.42. The molecule has 0 aromatic heterocycles. The van der Waals surface area contributed by atoms with Crippen LogP contribution in [0, 0.1) is 0 Å². The molecular formula is C12H23ClN2O2. The number of halogens is 1. The van der Waals surface area contributed by atoms with Gasteiger partial charge in [0.25, 0.3) is 0 Å². The summed E-state index contributed by atoms with van der Waals surface area (Å²) in [6.07, 6.45) is 7.02. The lowest BCUT2D eigenvalue weighted by atomic mass is 10.1. The van der Waals surface area contributed by atoms with E-state index in [9.17, 15) is 4.79 Å². The van der Waals surface area contributed by atoms with Gasteiger partial charge in [0.1, 0.15) is 0 Å². The van der Waals surface area contributed by atoms with Gasteiger partial charge in [0.15, 0.2) is 0 Å². The third kappa shape index (κ3) is 4.82. The minimum atomic E-state index is 0. The predicted octanol–water partition coefficient (Wildman–Crippen LogP) is 1.24. The second-order valence-electron chi connectivity index (χ2n) is 4.72. The Kier molecular flexibility index (Phi) is 6.85. The van der Waals surface area contributed by atoms with Gasteiger partial charge < -0.3 is 15.4 Å². The molecule has 4 nitrogen and oxygen atoms in total. The van der Waals surface area contributed by atoms with Gasteiger partial charge in [0, 0.05) is 13.2 Å². The van der Waals surface area contributed by atoms with Crippen LogP contribution in [-0.2, 0) is 9.53 Å². The van der Waals surface area contributed by atoms with Gasteiger partial charge in [-0.15, -0.1) is 12.4 Å². The van der Waals surface area contributed by atoms with E-state index in [1.165, 1.54) is 12.8 Å². The Hall–Kier alpha value is -0.320. The zero-order chi connectivity index (χ0) is 11.2. The number of rotatable bonds is 4. The fraction of sp³-hybridized carbons (Fsp3) is 0.917. The first-order valence-electron chi connectivity index (χ1n) is 6.49. The summed E-state index contributed by atoms with van der Waals surface area (Å²) >= 11 is 0. The highest BCUT2D eigenvalue weighted by Gasteiger charge is 2.21. The number of nitrogens with one attached hydrogen (secondary N) is 2. The zero-order valence-electron chi connectivity index (χ0n) is 10.2. The number of carbonyl (C=O) groups excluding carboxylic acids is 1. The van der Waals surface area contributed by atoms with Crippen LogP contribution in [0.15, 0.2) is 0 Å². The summed E-state index contributed by atoms with van der Waals surface area (Å²) in [5, 5.41) is 6.19. The Labute approximate surface area is 109 Å². The van der Waals surface area contributed by atoms with Crippen LogP contribution in [0.5, 0.6) is 0 Å².